The maximum absolute atomic E-state index is 13.0. The van der Waals surface area contributed by atoms with Crippen molar-refractivity contribution in [2.75, 3.05) is 26.2 Å². The van der Waals surface area contributed by atoms with Crippen LogP contribution in [0.4, 0.5) is 4.79 Å². The zero-order valence-corrected chi connectivity index (χ0v) is 17.4. The standard InChI is InChI=1S/C22H25N3O3S/c1-16-6-3-2-4-8-19-18(16)14-20(29-19)21(26)24-10-12-25(13-11-24)22(27)28-17-7-5-9-23-15-17/h4-5,7-9,14-16H,2-3,6,10-13H2,1H3. The van der Waals surface area contributed by atoms with Gasteiger partial charge in [-0.1, -0.05) is 13.0 Å². The van der Waals surface area contributed by atoms with E-state index < -0.39 is 6.09 Å². The number of pyridine rings is 1. The number of hydrogen-bond donors (Lipinski definition) is 0. The van der Waals surface area contributed by atoms with E-state index in [0.717, 1.165) is 17.7 Å². The molecule has 1 aliphatic carbocycles. The zero-order valence-electron chi connectivity index (χ0n) is 16.5. The molecule has 3 heterocycles. The summed E-state index contributed by atoms with van der Waals surface area (Å²) >= 11 is 1.58. The summed E-state index contributed by atoms with van der Waals surface area (Å²) in [4.78, 5) is 34.8. The first-order chi connectivity index (χ1) is 14.1. The van der Waals surface area contributed by atoms with Crippen molar-refractivity contribution in [2.24, 2.45) is 0 Å². The van der Waals surface area contributed by atoms with E-state index in [1.165, 1.54) is 23.1 Å². The molecule has 0 radical (unpaired) electrons. The van der Waals surface area contributed by atoms with Crippen LogP contribution in [0.1, 0.15) is 52.2 Å². The summed E-state index contributed by atoms with van der Waals surface area (Å²) in [5.41, 5.74) is 1.29. The van der Waals surface area contributed by atoms with Crippen molar-refractivity contribution in [3.63, 3.8) is 0 Å². The van der Waals surface area contributed by atoms with Crippen LogP contribution in [0.25, 0.3) is 6.08 Å². The number of piperazine rings is 1. The molecule has 0 aromatic carbocycles. The topological polar surface area (TPSA) is 62.7 Å². The number of carbonyl (C=O) groups is 2. The summed E-state index contributed by atoms with van der Waals surface area (Å²) in [5, 5.41) is 0. The molecule has 4 rings (SSSR count). The number of rotatable bonds is 2. The molecule has 152 valence electrons. The largest absolute Gasteiger partial charge is 0.415 e. The van der Waals surface area contributed by atoms with Gasteiger partial charge in [0, 0.05) is 37.3 Å². The second-order valence-electron chi connectivity index (χ2n) is 7.50. The van der Waals surface area contributed by atoms with E-state index in [0.29, 0.717) is 37.8 Å². The van der Waals surface area contributed by atoms with Gasteiger partial charge in [-0.15, -0.1) is 11.3 Å². The summed E-state index contributed by atoms with van der Waals surface area (Å²) in [5.74, 6) is 0.962. The van der Waals surface area contributed by atoms with Crippen LogP contribution >= 0.6 is 11.3 Å². The molecule has 0 saturated carbocycles. The Balaban J connectivity index is 1.37. The minimum Gasteiger partial charge on any atom is -0.409 e. The predicted molar refractivity (Wildman–Crippen MR) is 113 cm³/mol. The number of hydrogen-bond acceptors (Lipinski definition) is 5. The molecule has 0 bridgehead atoms. The monoisotopic (exact) mass is 411 g/mol. The number of thiophene rings is 1. The Morgan fingerprint density at radius 3 is 2.76 bits per heavy atom. The van der Waals surface area contributed by atoms with Crippen molar-refractivity contribution in [3.05, 3.63) is 52.0 Å². The average molecular weight is 412 g/mol. The molecule has 1 unspecified atom stereocenters. The lowest BCUT2D eigenvalue weighted by Crippen LogP contribution is -2.51. The SMILES string of the molecule is CC1CCCC=Cc2sc(C(=O)N3CCN(C(=O)Oc4cccnc4)CC3)cc21. The third-order valence-corrected chi connectivity index (χ3v) is 6.58. The van der Waals surface area contributed by atoms with Gasteiger partial charge < -0.3 is 14.5 Å². The van der Waals surface area contributed by atoms with Crippen LogP contribution in [0, 0.1) is 0 Å². The third-order valence-electron chi connectivity index (χ3n) is 5.47. The quantitative estimate of drug-likeness (QED) is 0.735. The summed E-state index contributed by atoms with van der Waals surface area (Å²) in [6, 6.07) is 5.49. The van der Waals surface area contributed by atoms with E-state index in [1.807, 2.05) is 4.90 Å². The molecule has 2 aromatic heterocycles. The Hall–Kier alpha value is -2.67. The first kappa shape index (κ1) is 19.6. The first-order valence-corrected chi connectivity index (χ1v) is 10.9. The molecule has 2 aromatic rings. The Morgan fingerprint density at radius 1 is 1.21 bits per heavy atom. The van der Waals surface area contributed by atoms with Crippen LogP contribution in [0.2, 0.25) is 0 Å². The highest BCUT2D eigenvalue weighted by Crippen LogP contribution is 2.35. The lowest BCUT2D eigenvalue weighted by atomic mass is 9.93. The Labute approximate surface area is 174 Å². The van der Waals surface area contributed by atoms with Crippen molar-refractivity contribution < 1.29 is 14.3 Å². The average Bonchev–Trinajstić information content (AvgIpc) is 3.16. The van der Waals surface area contributed by atoms with Gasteiger partial charge in [0.15, 0.2) is 5.75 Å². The smallest absolute Gasteiger partial charge is 0.409 e. The van der Waals surface area contributed by atoms with Crippen LogP contribution in [0.5, 0.6) is 5.75 Å². The molecule has 2 amide bonds. The number of ether oxygens (including phenoxy) is 1. The van der Waals surface area contributed by atoms with Gasteiger partial charge in [-0.3, -0.25) is 9.78 Å². The molecule has 0 spiro atoms. The molecule has 1 saturated heterocycles. The van der Waals surface area contributed by atoms with E-state index >= 15 is 0 Å². The third kappa shape index (κ3) is 4.50. The summed E-state index contributed by atoms with van der Waals surface area (Å²) in [7, 11) is 0. The summed E-state index contributed by atoms with van der Waals surface area (Å²) < 4.78 is 5.34. The van der Waals surface area contributed by atoms with Gasteiger partial charge >= 0.3 is 6.09 Å². The van der Waals surface area contributed by atoms with Crippen molar-refractivity contribution in [1.82, 2.24) is 14.8 Å². The van der Waals surface area contributed by atoms with E-state index in [-0.39, 0.29) is 5.91 Å². The maximum atomic E-state index is 13.0. The van der Waals surface area contributed by atoms with Gasteiger partial charge in [-0.25, -0.2) is 4.79 Å². The highest BCUT2D eigenvalue weighted by Gasteiger charge is 2.28. The molecule has 7 heteroatoms. The normalized spacial score (nSPS) is 19.3. The Morgan fingerprint density at radius 2 is 2.00 bits per heavy atom. The van der Waals surface area contributed by atoms with E-state index in [4.69, 9.17) is 4.74 Å². The maximum Gasteiger partial charge on any atom is 0.415 e. The summed E-state index contributed by atoms with van der Waals surface area (Å²) in [6.07, 6.45) is 10.6. The van der Waals surface area contributed by atoms with Crippen LogP contribution in [-0.2, 0) is 0 Å². The number of aromatic nitrogens is 1. The molecular weight excluding hydrogens is 386 g/mol. The first-order valence-electron chi connectivity index (χ1n) is 10.1. The van der Waals surface area contributed by atoms with Crippen LogP contribution < -0.4 is 4.74 Å². The van der Waals surface area contributed by atoms with Crippen molar-refractivity contribution in [3.8, 4) is 5.75 Å². The Kier molecular flexibility index (Phi) is 5.94. The van der Waals surface area contributed by atoms with E-state index in [2.05, 4.69) is 30.1 Å². The Bertz CT molecular complexity index is 901. The van der Waals surface area contributed by atoms with E-state index in [9.17, 15) is 9.59 Å². The molecule has 2 aliphatic rings. The number of amides is 2. The van der Waals surface area contributed by atoms with Gasteiger partial charge in [0.25, 0.3) is 5.91 Å². The van der Waals surface area contributed by atoms with Gasteiger partial charge in [0.05, 0.1) is 11.1 Å². The second-order valence-corrected chi connectivity index (χ2v) is 8.58. The molecule has 29 heavy (non-hydrogen) atoms. The second kappa shape index (κ2) is 8.78. The fraction of sp³-hybridized carbons (Fsp3) is 0.409. The highest BCUT2D eigenvalue weighted by molar-refractivity contribution is 7.15. The van der Waals surface area contributed by atoms with Crippen LogP contribution in [0.15, 0.2) is 36.7 Å². The van der Waals surface area contributed by atoms with Crippen LogP contribution in [-0.4, -0.2) is 53.0 Å². The van der Waals surface area contributed by atoms with Crippen LogP contribution in [0.3, 0.4) is 0 Å². The molecular formula is C22H25N3O3S. The number of nitrogens with zero attached hydrogens (tertiary/aromatic N) is 3. The number of fused-ring (bicyclic) bond motifs is 1. The molecule has 0 N–H and O–H groups in total. The molecule has 6 nitrogen and oxygen atoms in total. The fourth-order valence-corrected chi connectivity index (χ4v) is 4.93. The molecule has 1 aliphatic heterocycles. The minimum atomic E-state index is -0.400. The van der Waals surface area contributed by atoms with Gasteiger partial charge in [0.1, 0.15) is 0 Å². The number of carbonyl (C=O) groups excluding carboxylic acids is 2. The zero-order chi connectivity index (χ0) is 20.2. The van der Waals surface area contributed by atoms with Crippen molar-refractivity contribution in [2.45, 2.75) is 32.1 Å². The molecule has 1 fully saturated rings. The fourth-order valence-electron chi connectivity index (χ4n) is 3.75. The van der Waals surface area contributed by atoms with Crippen molar-refractivity contribution in [1.29, 1.82) is 0 Å². The predicted octanol–water partition coefficient (Wildman–Crippen LogP) is 4.40. The highest BCUT2D eigenvalue weighted by atomic mass is 32.1. The number of allylic oxidation sites excluding steroid dienone is 1. The van der Waals surface area contributed by atoms with Gasteiger partial charge in [0.2, 0.25) is 0 Å². The lowest BCUT2D eigenvalue weighted by Gasteiger charge is -2.33. The lowest BCUT2D eigenvalue weighted by molar-refractivity contribution is 0.0638. The summed E-state index contributed by atoms with van der Waals surface area (Å²) in [6.45, 7) is 4.19. The van der Waals surface area contributed by atoms with Gasteiger partial charge in [-0.05, 0) is 55.0 Å². The van der Waals surface area contributed by atoms with Crippen molar-refractivity contribution >= 4 is 29.4 Å². The minimum absolute atomic E-state index is 0.0580. The van der Waals surface area contributed by atoms with Gasteiger partial charge in [-0.2, -0.15) is 0 Å². The molecule has 1 atom stereocenters. The van der Waals surface area contributed by atoms with E-state index in [1.54, 1.807) is 34.6 Å².